The van der Waals surface area contributed by atoms with Gasteiger partial charge in [-0.1, -0.05) is 6.58 Å². The van der Waals surface area contributed by atoms with Gasteiger partial charge in [0, 0.05) is 14.1 Å². The molecule has 7 heavy (non-hydrogen) atoms. The van der Waals surface area contributed by atoms with E-state index >= 15 is 0 Å². The third-order valence-electron chi connectivity index (χ3n) is 0.669. The molecule has 0 aliphatic carbocycles. The van der Waals surface area contributed by atoms with Crippen LogP contribution in [0.1, 0.15) is 0 Å². The third-order valence-corrected chi connectivity index (χ3v) is 0.669. The number of nitrogens with one attached hydrogen (secondary N) is 1. The van der Waals surface area contributed by atoms with Crippen molar-refractivity contribution < 1.29 is 5.21 Å². The normalized spacial score (nSPS) is 7.86. The van der Waals surface area contributed by atoms with Crippen molar-refractivity contribution in [2.24, 2.45) is 0 Å². The van der Waals surface area contributed by atoms with Crippen molar-refractivity contribution in [2.75, 3.05) is 14.1 Å². The van der Waals surface area contributed by atoms with E-state index in [1.165, 1.54) is 0 Å². The van der Waals surface area contributed by atoms with Crippen molar-refractivity contribution in [1.29, 1.82) is 0 Å². The van der Waals surface area contributed by atoms with Crippen LogP contribution in [-0.4, -0.2) is 24.2 Å². The van der Waals surface area contributed by atoms with E-state index in [0.717, 1.165) is 0 Å². The maximum absolute atomic E-state index is 8.11. The van der Waals surface area contributed by atoms with E-state index in [2.05, 4.69) is 6.58 Å². The van der Waals surface area contributed by atoms with Gasteiger partial charge in [0.05, 0.1) is 0 Å². The fourth-order valence-electron chi connectivity index (χ4n) is 0.100. The molecule has 0 bridgehead atoms. The first-order chi connectivity index (χ1) is 3.18. The molecule has 0 amide bonds. The van der Waals surface area contributed by atoms with Crippen molar-refractivity contribution in [3.8, 4) is 0 Å². The molecule has 2 N–H and O–H groups in total. The summed E-state index contributed by atoms with van der Waals surface area (Å²) in [5, 5.41) is 8.11. The summed E-state index contributed by atoms with van der Waals surface area (Å²) in [7, 11) is 3.57. The maximum atomic E-state index is 8.11. The molecule has 0 aliphatic rings. The third kappa shape index (κ3) is 2.05. The molecule has 0 saturated carbocycles. The molecular formula is C4H10N2O. The molecule has 0 rings (SSSR count). The molecule has 0 fully saturated rings. The second-order valence-electron chi connectivity index (χ2n) is 1.45. The molecular weight excluding hydrogens is 92.1 g/mol. The van der Waals surface area contributed by atoms with Crippen LogP contribution in [0, 0.1) is 0 Å². The lowest BCUT2D eigenvalue weighted by Gasteiger charge is -2.12. The largest absolute Gasteiger partial charge is 0.363 e. The van der Waals surface area contributed by atoms with Crippen LogP contribution in [0.4, 0.5) is 0 Å². The van der Waals surface area contributed by atoms with E-state index in [1.807, 2.05) is 5.48 Å². The monoisotopic (exact) mass is 102 g/mol. The first-order valence-corrected chi connectivity index (χ1v) is 1.95. The van der Waals surface area contributed by atoms with Crippen LogP contribution in [0.2, 0.25) is 0 Å². The highest BCUT2D eigenvalue weighted by Gasteiger charge is 1.86. The molecule has 3 nitrogen and oxygen atoms in total. The number of rotatable bonds is 2. The Morgan fingerprint density at radius 2 is 2.14 bits per heavy atom. The van der Waals surface area contributed by atoms with E-state index in [4.69, 9.17) is 5.21 Å². The Kier molecular flexibility index (Phi) is 2.22. The van der Waals surface area contributed by atoms with Crippen molar-refractivity contribution in [1.82, 2.24) is 10.4 Å². The summed E-state index contributed by atoms with van der Waals surface area (Å²) in [6.45, 7) is 3.44. The molecule has 0 spiro atoms. The quantitative estimate of drug-likeness (QED) is 0.482. The first kappa shape index (κ1) is 6.30. The van der Waals surface area contributed by atoms with E-state index < -0.39 is 0 Å². The summed E-state index contributed by atoms with van der Waals surface area (Å²) >= 11 is 0. The SMILES string of the molecule is C=C(NO)N(C)C. The van der Waals surface area contributed by atoms with Gasteiger partial charge in [-0.3, -0.25) is 10.7 Å². The van der Waals surface area contributed by atoms with E-state index in [9.17, 15) is 0 Å². The minimum Gasteiger partial charge on any atom is -0.363 e. The highest BCUT2D eigenvalue weighted by atomic mass is 16.5. The minimum absolute atomic E-state index is 0.486. The molecule has 0 aromatic carbocycles. The predicted molar refractivity (Wildman–Crippen MR) is 27.7 cm³/mol. The van der Waals surface area contributed by atoms with Gasteiger partial charge in [0.1, 0.15) is 5.82 Å². The molecule has 0 radical (unpaired) electrons. The second-order valence-corrected chi connectivity index (χ2v) is 1.45. The highest BCUT2D eigenvalue weighted by molar-refractivity contribution is 4.82. The van der Waals surface area contributed by atoms with Gasteiger partial charge in [-0.25, -0.2) is 0 Å². The number of nitrogens with zero attached hydrogens (tertiary/aromatic N) is 1. The van der Waals surface area contributed by atoms with Crippen LogP contribution in [0.5, 0.6) is 0 Å². The molecule has 0 atom stereocenters. The summed E-state index contributed by atoms with van der Waals surface area (Å²) in [6.07, 6.45) is 0. The maximum Gasteiger partial charge on any atom is 0.118 e. The lowest BCUT2D eigenvalue weighted by Crippen LogP contribution is -2.21. The Labute approximate surface area is 43.2 Å². The summed E-state index contributed by atoms with van der Waals surface area (Å²) in [6, 6.07) is 0. The summed E-state index contributed by atoms with van der Waals surface area (Å²) < 4.78 is 0. The van der Waals surface area contributed by atoms with Crippen molar-refractivity contribution in [3.05, 3.63) is 12.4 Å². The van der Waals surface area contributed by atoms with Crippen LogP contribution in [0.25, 0.3) is 0 Å². The predicted octanol–water partition coefficient (Wildman–Crippen LogP) is -0.00200. The first-order valence-electron chi connectivity index (χ1n) is 1.95. The molecule has 0 aliphatic heterocycles. The van der Waals surface area contributed by atoms with Crippen molar-refractivity contribution in [3.63, 3.8) is 0 Å². The van der Waals surface area contributed by atoms with Gasteiger partial charge in [0.25, 0.3) is 0 Å². The minimum atomic E-state index is 0.486. The summed E-state index contributed by atoms with van der Waals surface area (Å²) in [5.74, 6) is 0.486. The number of hydrogen-bond donors (Lipinski definition) is 2. The molecule has 0 aromatic rings. The van der Waals surface area contributed by atoms with Crippen molar-refractivity contribution >= 4 is 0 Å². The lowest BCUT2D eigenvalue weighted by atomic mass is 10.7. The molecule has 0 unspecified atom stereocenters. The van der Waals surface area contributed by atoms with Crippen LogP contribution in [0.3, 0.4) is 0 Å². The molecule has 0 heterocycles. The molecule has 0 saturated heterocycles. The van der Waals surface area contributed by atoms with Gasteiger partial charge in [-0.2, -0.15) is 0 Å². The average Bonchev–Trinajstić information content (AvgIpc) is 1.65. The van der Waals surface area contributed by atoms with Gasteiger partial charge < -0.3 is 4.90 Å². The van der Waals surface area contributed by atoms with Gasteiger partial charge in [0.15, 0.2) is 0 Å². The average molecular weight is 102 g/mol. The van der Waals surface area contributed by atoms with Crippen LogP contribution in [0.15, 0.2) is 12.4 Å². The van der Waals surface area contributed by atoms with Crippen LogP contribution in [-0.2, 0) is 0 Å². The standard InChI is InChI=1S/C4H10N2O/c1-4(5-7)6(2)3/h5,7H,1H2,2-3H3. The lowest BCUT2D eigenvalue weighted by molar-refractivity contribution is 0.168. The fraction of sp³-hybridized carbons (Fsp3) is 0.500. The van der Waals surface area contributed by atoms with Crippen LogP contribution >= 0.6 is 0 Å². The summed E-state index contributed by atoms with van der Waals surface area (Å²) in [5.41, 5.74) is 1.90. The topological polar surface area (TPSA) is 35.5 Å². The van der Waals surface area contributed by atoms with E-state index in [1.54, 1.807) is 19.0 Å². The Bertz CT molecular complexity index is 70.1. The van der Waals surface area contributed by atoms with E-state index in [0.29, 0.717) is 5.82 Å². The Hall–Kier alpha value is -0.700. The van der Waals surface area contributed by atoms with Gasteiger partial charge in [-0.05, 0) is 0 Å². The zero-order chi connectivity index (χ0) is 5.86. The Balaban J connectivity index is 3.35. The van der Waals surface area contributed by atoms with Crippen LogP contribution < -0.4 is 5.48 Å². The molecule has 3 heteroatoms. The smallest absolute Gasteiger partial charge is 0.118 e. The summed E-state index contributed by atoms with van der Waals surface area (Å²) in [4.78, 5) is 1.67. The second kappa shape index (κ2) is 2.47. The van der Waals surface area contributed by atoms with Gasteiger partial charge in [0.2, 0.25) is 0 Å². The highest BCUT2D eigenvalue weighted by Crippen LogP contribution is 1.82. The van der Waals surface area contributed by atoms with E-state index in [-0.39, 0.29) is 0 Å². The number of hydrogen-bond acceptors (Lipinski definition) is 3. The molecule has 42 valence electrons. The zero-order valence-corrected chi connectivity index (χ0v) is 4.60. The number of hydroxylamine groups is 1. The molecule has 0 aromatic heterocycles. The zero-order valence-electron chi connectivity index (χ0n) is 4.60. The van der Waals surface area contributed by atoms with Gasteiger partial charge >= 0.3 is 0 Å². The van der Waals surface area contributed by atoms with Gasteiger partial charge in [-0.15, -0.1) is 0 Å². The Morgan fingerprint density at radius 3 is 2.14 bits per heavy atom. The van der Waals surface area contributed by atoms with Crippen molar-refractivity contribution in [2.45, 2.75) is 0 Å². The fourth-order valence-corrected chi connectivity index (χ4v) is 0.100. The Morgan fingerprint density at radius 1 is 1.71 bits per heavy atom.